The summed E-state index contributed by atoms with van der Waals surface area (Å²) in [5, 5.41) is 4.02. The minimum atomic E-state index is -0.271. The van der Waals surface area contributed by atoms with Crippen molar-refractivity contribution in [2.24, 2.45) is 0 Å². The quantitative estimate of drug-likeness (QED) is 0.294. The Balaban J connectivity index is 1.48. The molecular formula is C28H23NO3S. The predicted molar refractivity (Wildman–Crippen MR) is 135 cm³/mol. The monoisotopic (exact) mass is 453 g/mol. The number of rotatable bonds is 6. The smallest absolute Gasteiger partial charge is 0.293 e. The number of imide groups is 1. The summed E-state index contributed by atoms with van der Waals surface area (Å²) in [6, 6.07) is 26.0. The van der Waals surface area contributed by atoms with E-state index in [1.165, 1.54) is 4.90 Å². The second-order valence-electron chi connectivity index (χ2n) is 8.00. The number of amides is 2. The largest absolute Gasteiger partial charge is 0.493 e. The SMILES string of the molecule is CCCOc1ccc2ccccc2c1C=C1SC(=O)N(Cc2ccc3ccccc3c2)C1=O. The van der Waals surface area contributed by atoms with Crippen LogP contribution in [-0.4, -0.2) is 22.7 Å². The Morgan fingerprint density at radius 3 is 2.42 bits per heavy atom. The van der Waals surface area contributed by atoms with Crippen LogP contribution in [0.5, 0.6) is 5.75 Å². The van der Waals surface area contributed by atoms with Crippen molar-refractivity contribution in [3.63, 3.8) is 0 Å². The fraction of sp³-hybridized carbons (Fsp3) is 0.143. The Morgan fingerprint density at radius 1 is 0.879 bits per heavy atom. The van der Waals surface area contributed by atoms with Crippen molar-refractivity contribution >= 4 is 50.5 Å². The van der Waals surface area contributed by atoms with Crippen molar-refractivity contribution in [1.29, 1.82) is 0 Å². The second kappa shape index (κ2) is 9.12. The molecule has 0 spiro atoms. The maximum atomic E-state index is 13.2. The molecule has 1 fully saturated rings. The number of nitrogens with zero attached hydrogens (tertiary/aromatic N) is 1. The minimum absolute atomic E-state index is 0.252. The highest BCUT2D eigenvalue weighted by atomic mass is 32.2. The van der Waals surface area contributed by atoms with Crippen molar-refractivity contribution in [3.05, 3.63) is 94.9 Å². The van der Waals surface area contributed by atoms with Crippen LogP contribution in [0.1, 0.15) is 24.5 Å². The van der Waals surface area contributed by atoms with Gasteiger partial charge in [0.2, 0.25) is 0 Å². The number of carbonyl (C=O) groups is 2. The van der Waals surface area contributed by atoms with E-state index >= 15 is 0 Å². The van der Waals surface area contributed by atoms with Crippen molar-refractivity contribution in [1.82, 2.24) is 4.90 Å². The highest BCUT2D eigenvalue weighted by Gasteiger charge is 2.35. The molecule has 1 aliphatic rings. The molecule has 0 atom stereocenters. The molecule has 0 bridgehead atoms. The summed E-state index contributed by atoms with van der Waals surface area (Å²) < 4.78 is 5.97. The molecule has 5 rings (SSSR count). The van der Waals surface area contributed by atoms with Gasteiger partial charge in [0, 0.05) is 5.56 Å². The van der Waals surface area contributed by atoms with Gasteiger partial charge in [0.05, 0.1) is 18.1 Å². The van der Waals surface area contributed by atoms with Gasteiger partial charge in [-0.2, -0.15) is 0 Å². The summed E-state index contributed by atoms with van der Waals surface area (Å²) in [6.07, 6.45) is 2.69. The van der Waals surface area contributed by atoms with E-state index in [2.05, 4.69) is 6.92 Å². The topological polar surface area (TPSA) is 46.6 Å². The molecule has 4 nitrogen and oxygen atoms in total. The molecule has 33 heavy (non-hydrogen) atoms. The fourth-order valence-electron chi connectivity index (χ4n) is 4.05. The first-order chi connectivity index (χ1) is 16.1. The number of fused-ring (bicyclic) bond motifs is 2. The summed E-state index contributed by atoms with van der Waals surface area (Å²) in [6.45, 7) is 2.89. The van der Waals surface area contributed by atoms with Crippen LogP contribution < -0.4 is 4.74 Å². The number of thioether (sulfide) groups is 1. The molecule has 5 heteroatoms. The zero-order chi connectivity index (χ0) is 22.8. The molecule has 0 radical (unpaired) electrons. The lowest BCUT2D eigenvalue weighted by atomic mass is 10.0. The summed E-state index contributed by atoms with van der Waals surface area (Å²) in [5.74, 6) is 0.449. The average molecular weight is 454 g/mol. The standard InChI is InChI=1S/C28H23NO3S/c1-2-15-32-25-14-13-21-8-5-6-10-23(21)24(25)17-26-27(30)29(28(31)33-26)18-19-11-12-20-7-3-4-9-22(20)16-19/h3-14,16-17H,2,15,18H2,1H3. The van der Waals surface area contributed by atoms with Gasteiger partial charge in [-0.25, -0.2) is 0 Å². The lowest BCUT2D eigenvalue weighted by molar-refractivity contribution is -0.123. The van der Waals surface area contributed by atoms with Crippen LogP contribution in [0.15, 0.2) is 83.8 Å². The first-order valence-corrected chi connectivity index (χ1v) is 11.8. The summed E-state index contributed by atoms with van der Waals surface area (Å²) >= 11 is 0.984. The van der Waals surface area contributed by atoms with Gasteiger partial charge in [0.1, 0.15) is 5.75 Å². The van der Waals surface area contributed by atoms with Crippen molar-refractivity contribution < 1.29 is 14.3 Å². The maximum absolute atomic E-state index is 13.2. The van der Waals surface area contributed by atoms with Crippen molar-refractivity contribution in [2.45, 2.75) is 19.9 Å². The Bertz CT molecular complexity index is 1410. The van der Waals surface area contributed by atoms with Crippen molar-refractivity contribution in [3.8, 4) is 5.75 Å². The normalized spacial score (nSPS) is 15.2. The van der Waals surface area contributed by atoms with Gasteiger partial charge in [0.25, 0.3) is 11.1 Å². The molecule has 1 heterocycles. The van der Waals surface area contributed by atoms with Gasteiger partial charge in [-0.05, 0) is 63.5 Å². The lowest BCUT2D eigenvalue weighted by Gasteiger charge is -2.13. The molecule has 1 aliphatic heterocycles. The van der Waals surface area contributed by atoms with E-state index < -0.39 is 0 Å². The van der Waals surface area contributed by atoms with Gasteiger partial charge in [-0.1, -0.05) is 73.7 Å². The van der Waals surface area contributed by atoms with Gasteiger partial charge in [-0.3, -0.25) is 14.5 Å². The minimum Gasteiger partial charge on any atom is -0.493 e. The lowest BCUT2D eigenvalue weighted by Crippen LogP contribution is -2.27. The second-order valence-corrected chi connectivity index (χ2v) is 8.99. The van der Waals surface area contributed by atoms with Gasteiger partial charge >= 0.3 is 0 Å². The van der Waals surface area contributed by atoms with Crippen molar-refractivity contribution in [2.75, 3.05) is 6.61 Å². The van der Waals surface area contributed by atoms with E-state index in [0.29, 0.717) is 11.5 Å². The van der Waals surface area contributed by atoms with Crippen LogP contribution in [0.4, 0.5) is 4.79 Å². The Morgan fingerprint density at radius 2 is 1.61 bits per heavy atom. The number of hydrogen-bond donors (Lipinski definition) is 0. The predicted octanol–water partition coefficient (Wildman–Crippen LogP) is 7.02. The summed E-state index contributed by atoms with van der Waals surface area (Å²) in [4.78, 5) is 27.7. The average Bonchev–Trinajstić information content (AvgIpc) is 3.10. The molecule has 4 aromatic rings. The maximum Gasteiger partial charge on any atom is 0.293 e. The molecule has 0 saturated carbocycles. The van der Waals surface area contributed by atoms with E-state index in [4.69, 9.17) is 4.74 Å². The van der Waals surface area contributed by atoms with Crippen LogP contribution in [-0.2, 0) is 11.3 Å². The van der Waals surface area contributed by atoms with E-state index in [0.717, 1.165) is 56.6 Å². The first-order valence-electron chi connectivity index (χ1n) is 11.0. The van der Waals surface area contributed by atoms with Crippen LogP contribution in [0, 0.1) is 0 Å². The van der Waals surface area contributed by atoms with Crippen LogP contribution >= 0.6 is 11.8 Å². The fourth-order valence-corrected chi connectivity index (χ4v) is 4.87. The van der Waals surface area contributed by atoms with Gasteiger partial charge in [-0.15, -0.1) is 0 Å². The Labute approximate surface area is 196 Å². The van der Waals surface area contributed by atoms with Crippen LogP contribution in [0.2, 0.25) is 0 Å². The Hall–Kier alpha value is -3.57. The molecule has 0 N–H and O–H groups in total. The van der Waals surface area contributed by atoms with Gasteiger partial charge in [0.15, 0.2) is 0 Å². The van der Waals surface area contributed by atoms with E-state index in [9.17, 15) is 9.59 Å². The number of benzene rings is 4. The zero-order valence-corrected chi connectivity index (χ0v) is 19.1. The number of carbonyl (C=O) groups excluding carboxylic acids is 2. The third-order valence-electron chi connectivity index (χ3n) is 5.70. The highest BCUT2D eigenvalue weighted by Crippen LogP contribution is 2.37. The molecule has 4 aromatic carbocycles. The zero-order valence-electron chi connectivity index (χ0n) is 18.3. The highest BCUT2D eigenvalue weighted by molar-refractivity contribution is 8.18. The van der Waals surface area contributed by atoms with Crippen LogP contribution in [0.3, 0.4) is 0 Å². The summed E-state index contributed by atoms with van der Waals surface area (Å²) in [5.41, 5.74) is 1.76. The third kappa shape index (κ3) is 4.24. The van der Waals surface area contributed by atoms with E-state index in [1.54, 1.807) is 6.08 Å². The van der Waals surface area contributed by atoms with E-state index in [1.807, 2.05) is 78.9 Å². The molecular weight excluding hydrogens is 430 g/mol. The molecule has 0 unspecified atom stereocenters. The van der Waals surface area contributed by atoms with Gasteiger partial charge < -0.3 is 4.74 Å². The van der Waals surface area contributed by atoms with E-state index in [-0.39, 0.29) is 17.7 Å². The molecule has 2 amide bonds. The first kappa shape index (κ1) is 21.3. The molecule has 164 valence electrons. The number of hydrogen-bond acceptors (Lipinski definition) is 4. The Kier molecular flexibility index (Phi) is 5.88. The summed E-state index contributed by atoms with van der Waals surface area (Å²) in [7, 11) is 0. The molecule has 1 saturated heterocycles. The molecule has 0 aliphatic carbocycles. The van der Waals surface area contributed by atoms with Crippen LogP contribution in [0.25, 0.3) is 27.6 Å². The molecule has 0 aromatic heterocycles. The third-order valence-corrected chi connectivity index (χ3v) is 6.60. The number of ether oxygens (including phenoxy) is 1.